The molecule has 1 heterocycles. The summed E-state index contributed by atoms with van der Waals surface area (Å²) in [5.41, 5.74) is 2.57. The summed E-state index contributed by atoms with van der Waals surface area (Å²) < 4.78 is 0.736. The van der Waals surface area contributed by atoms with Gasteiger partial charge in [-0.25, -0.2) is 4.98 Å². The minimum absolute atomic E-state index is 0.380. The fraction of sp³-hybridized carbons (Fsp3) is 0.158. The molecule has 0 fully saturated rings. The first-order valence-electron chi connectivity index (χ1n) is 7.67. The van der Waals surface area contributed by atoms with Gasteiger partial charge in [-0.2, -0.15) is 11.8 Å². The van der Waals surface area contributed by atoms with Crippen molar-refractivity contribution >= 4 is 11.8 Å². The Morgan fingerprint density at radius 2 is 1.58 bits per heavy atom. The number of rotatable bonds is 5. The molecule has 0 bridgehead atoms. The van der Waals surface area contributed by atoms with Crippen LogP contribution in [-0.4, -0.2) is 26.9 Å². The average molecular weight is 338 g/mol. The van der Waals surface area contributed by atoms with E-state index in [2.05, 4.69) is 4.98 Å². The van der Waals surface area contributed by atoms with Gasteiger partial charge in [-0.15, -0.1) is 4.73 Å². The second-order valence-corrected chi connectivity index (χ2v) is 6.33. The van der Waals surface area contributed by atoms with Crippen LogP contribution in [0.5, 0.6) is 0 Å². The SMILES string of the molecule is CSCCc1nc(-c2ccccc2)c(-c2ccccc2)n(O)c1=O. The largest absolute Gasteiger partial charge is 0.425 e. The third-order valence-corrected chi connectivity index (χ3v) is 4.37. The maximum atomic E-state index is 12.5. The summed E-state index contributed by atoms with van der Waals surface area (Å²) in [4.78, 5) is 17.1. The summed E-state index contributed by atoms with van der Waals surface area (Å²) in [7, 11) is 0. The first-order valence-corrected chi connectivity index (χ1v) is 9.06. The maximum Gasteiger partial charge on any atom is 0.305 e. The highest BCUT2D eigenvalue weighted by Crippen LogP contribution is 2.29. The van der Waals surface area contributed by atoms with Gasteiger partial charge in [-0.1, -0.05) is 60.7 Å². The van der Waals surface area contributed by atoms with Crippen LogP contribution in [0.2, 0.25) is 0 Å². The van der Waals surface area contributed by atoms with Gasteiger partial charge in [-0.05, 0) is 12.0 Å². The Morgan fingerprint density at radius 1 is 1.00 bits per heavy atom. The summed E-state index contributed by atoms with van der Waals surface area (Å²) in [5, 5.41) is 10.5. The Balaban J connectivity index is 2.27. The Morgan fingerprint density at radius 3 is 2.17 bits per heavy atom. The van der Waals surface area contributed by atoms with Crippen molar-refractivity contribution in [2.75, 3.05) is 12.0 Å². The summed E-state index contributed by atoms with van der Waals surface area (Å²) >= 11 is 1.64. The summed E-state index contributed by atoms with van der Waals surface area (Å²) in [6, 6.07) is 19.0. The van der Waals surface area contributed by atoms with Crippen LogP contribution in [0, 0.1) is 0 Å². The molecule has 3 aromatic rings. The monoisotopic (exact) mass is 338 g/mol. The lowest BCUT2D eigenvalue weighted by Crippen LogP contribution is -2.26. The van der Waals surface area contributed by atoms with E-state index in [4.69, 9.17) is 0 Å². The predicted molar refractivity (Wildman–Crippen MR) is 98.6 cm³/mol. The van der Waals surface area contributed by atoms with E-state index in [1.165, 1.54) is 0 Å². The van der Waals surface area contributed by atoms with Gasteiger partial charge >= 0.3 is 5.56 Å². The van der Waals surface area contributed by atoms with Crippen molar-refractivity contribution in [3.8, 4) is 22.5 Å². The second-order valence-electron chi connectivity index (χ2n) is 5.35. The lowest BCUT2D eigenvalue weighted by Gasteiger charge is -2.14. The normalized spacial score (nSPS) is 10.7. The fourth-order valence-corrected chi connectivity index (χ4v) is 2.97. The lowest BCUT2D eigenvalue weighted by molar-refractivity contribution is 0.178. The summed E-state index contributed by atoms with van der Waals surface area (Å²) in [6.45, 7) is 0. The van der Waals surface area contributed by atoms with E-state index in [1.54, 1.807) is 11.8 Å². The van der Waals surface area contributed by atoms with Crippen LogP contribution in [-0.2, 0) is 6.42 Å². The van der Waals surface area contributed by atoms with Gasteiger partial charge in [0, 0.05) is 17.5 Å². The smallest absolute Gasteiger partial charge is 0.305 e. The third-order valence-electron chi connectivity index (χ3n) is 3.76. The molecule has 0 atom stereocenters. The van der Waals surface area contributed by atoms with Crippen molar-refractivity contribution in [2.45, 2.75) is 6.42 Å². The van der Waals surface area contributed by atoms with E-state index in [0.717, 1.165) is 21.6 Å². The molecule has 0 aliphatic rings. The van der Waals surface area contributed by atoms with Crippen molar-refractivity contribution in [2.24, 2.45) is 0 Å². The number of aryl methyl sites for hydroxylation is 1. The zero-order valence-corrected chi connectivity index (χ0v) is 14.2. The molecular formula is C19H18N2O2S. The van der Waals surface area contributed by atoms with Crippen molar-refractivity contribution in [1.82, 2.24) is 9.71 Å². The van der Waals surface area contributed by atoms with Crippen LogP contribution in [0.1, 0.15) is 5.69 Å². The molecule has 5 heteroatoms. The molecule has 0 unspecified atom stereocenters. The third kappa shape index (κ3) is 3.21. The molecule has 0 aliphatic heterocycles. The minimum atomic E-state index is -0.456. The van der Waals surface area contributed by atoms with E-state index in [9.17, 15) is 10.0 Å². The molecular weight excluding hydrogens is 320 g/mol. The van der Waals surface area contributed by atoms with Crippen molar-refractivity contribution in [1.29, 1.82) is 0 Å². The molecule has 122 valence electrons. The van der Waals surface area contributed by atoms with Crippen LogP contribution in [0.3, 0.4) is 0 Å². The standard InChI is InChI=1S/C19H18N2O2S/c1-24-13-12-16-19(22)21(23)18(15-10-6-3-7-11-15)17(20-16)14-8-4-2-5-9-14/h2-11,23H,12-13H2,1H3. The molecule has 2 aromatic carbocycles. The second kappa shape index (κ2) is 7.36. The van der Waals surface area contributed by atoms with Crippen LogP contribution >= 0.6 is 11.8 Å². The Hall–Kier alpha value is -2.53. The number of hydrogen-bond donors (Lipinski definition) is 1. The molecule has 0 saturated carbocycles. The number of aromatic nitrogens is 2. The van der Waals surface area contributed by atoms with Crippen molar-refractivity contribution < 1.29 is 5.21 Å². The van der Waals surface area contributed by atoms with E-state index >= 15 is 0 Å². The Kier molecular flexibility index (Phi) is 5.01. The van der Waals surface area contributed by atoms with Gasteiger partial charge in [0.2, 0.25) is 0 Å². The maximum absolute atomic E-state index is 12.5. The highest BCUT2D eigenvalue weighted by atomic mass is 32.2. The molecule has 0 aliphatic carbocycles. The molecule has 0 radical (unpaired) electrons. The van der Waals surface area contributed by atoms with E-state index in [1.807, 2.05) is 66.9 Å². The number of thioether (sulfide) groups is 1. The van der Waals surface area contributed by atoms with E-state index in [-0.39, 0.29) is 0 Å². The highest BCUT2D eigenvalue weighted by molar-refractivity contribution is 7.98. The first kappa shape index (κ1) is 16.3. The Bertz CT molecular complexity index is 877. The number of benzene rings is 2. The zero-order valence-electron chi connectivity index (χ0n) is 13.3. The average Bonchev–Trinajstić information content (AvgIpc) is 2.64. The van der Waals surface area contributed by atoms with Gasteiger partial charge < -0.3 is 5.21 Å². The summed E-state index contributed by atoms with van der Waals surface area (Å²) in [5.74, 6) is 0.779. The molecule has 4 nitrogen and oxygen atoms in total. The molecule has 0 amide bonds. The van der Waals surface area contributed by atoms with Crippen LogP contribution in [0.4, 0.5) is 0 Å². The highest BCUT2D eigenvalue weighted by Gasteiger charge is 2.18. The van der Waals surface area contributed by atoms with Gasteiger partial charge in [0.05, 0.1) is 5.69 Å². The zero-order chi connectivity index (χ0) is 16.9. The minimum Gasteiger partial charge on any atom is -0.425 e. The molecule has 3 rings (SSSR count). The van der Waals surface area contributed by atoms with Gasteiger partial charge in [0.1, 0.15) is 11.4 Å². The van der Waals surface area contributed by atoms with E-state index < -0.39 is 5.56 Å². The van der Waals surface area contributed by atoms with Crippen LogP contribution in [0.15, 0.2) is 65.5 Å². The van der Waals surface area contributed by atoms with Gasteiger partial charge in [0.15, 0.2) is 0 Å². The predicted octanol–water partition coefficient (Wildman–Crippen LogP) is 3.72. The van der Waals surface area contributed by atoms with Crippen LogP contribution in [0.25, 0.3) is 22.5 Å². The van der Waals surface area contributed by atoms with E-state index in [0.29, 0.717) is 23.5 Å². The molecule has 1 N–H and O–H groups in total. The van der Waals surface area contributed by atoms with Crippen LogP contribution < -0.4 is 5.56 Å². The molecule has 1 aromatic heterocycles. The topological polar surface area (TPSA) is 55.1 Å². The Labute approximate surface area is 144 Å². The number of nitrogens with zero attached hydrogens (tertiary/aromatic N) is 2. The van der Waals surface area contributed by atoms with Crippen molar-refractivity contribution in [3.05, 3.63) is 76.7 Å². The van der Waals surface area contributed by atoms with Crippen molar-refractivity contribution in [3.63, 3.8) is 0 Å². The quantitative estimate of drug-likeness (QED) is 0.721. The van der Waals surface area contributed by atoms with Gasteiger partial charge in [0.25, 0.3) is 0 Å². The summed E-state index contributed by atoms with van der Waals surface area (Å²) in [6.07, 6.45) is 2.50. The first-order chi connectivity index (χ1) is 11.7. The number of hydrogen-bond acceptors (Lipinski definition) is 4. The lowest BCUT2D eigenvalue weighted by atomic mass is 10.0. The molecule has 0 spiro atoms. The van der Waals surface area contributed by atoms with Gasteiger partial charge in [-0.3, -0.25) is 4.79 Å². The molecule has 24 heavy (non-hydrogen) atoms. The molecule has 0 saturated heterocycles. The fourth-order valence-electron chi connectivity index (χ4n) is 2.57.